The molecule has 1 heterocycles. The predicted molar refractivity (Wildman–Crippen MR) is 63.8 cm³/mol. The van der Waals surface area contributed by atoms with Crippen molar-refractivity contribution >= 4 is 23.2 Å². The molecular weight excluding hydrogens is 251 g/mol. The Kier molecular flexibility index (Phi) is 5.44. The third kappa shape index (κ3) is 3.30. The summed E-state index contributed by atoms with van der Waals surface area (Å²) in [5, 5.41) is 22.9. The monoisotopic (exact) mass is 264 g/mol. The average Bonchev–Trinajstić information content (AvgIpc) is 2.25. The first-order valence-corrected chi connectivity index (χ1v) is 5.64. The summed E-state index contributed by atoms with van der Waals surface area (Å²) in [7, 11) is 1.77. The summed E-state index contributed by atoms with van der Waals surface area (Å²) < 4.78 is 0. The van der Waals surface area contributed by atoms with E-state index in [1.54, 1.807) is 7.05 Å². The Morgan fingerprint density at radius 1 is 1.44 bits per heavy atom. The molecule has 0 spiro atoms. The third-order valence-electron chi connectivity index (χ3n) is 2.24. The van der Waals surface area contributed by atoms with Gasteiger partial charge in [-0.15, -0.1) is 0 Å². The molecule has 16 heavy (non-hydrogen) atoms. The van der Waals surface area contributed by atoms with E-state index in [2.05, 4.69) is 10.3 Å². The highest BCUT2D eigenvalue weighted by Crippen LogP contribution is 2.30. The molecule has 1 rings (SSSR count). The number of hydrogen-bond acceptors (Lipinski definition) is 4. The minimum atomic E-state index is -1.12. The zero-order valence-corrected chi connectivity index (χ0v) is 10.3. The largest absolute Gasteiger partial charge is 0.390 e. The van der Waals surface area contributed by atoms with Gasteiger partial charge in [-0.1, -0.05) is 23.2 Å². The molecule has 1 aromatic rings. The van der Waals surface area contributed by atoms with Crippen LogP contribution in [0.3, 0.4) is 0 Å². The quantitative estimate of drug-likeness (QED) is 0.704. The molecule has 0 bridgehead atoms. The zero-order valence-electron chi connectivity index (χ0n) is 8.82. The van der Waals surface area contributed by atoms with Crippen molar-refractivity contribution in [3.8, 4) is 0 Å². The highest BCUT2D eigenvalue weighted by atomic mass is 35.5. The van der Waals surface area contributed by atoms with Crippen LogP contribution in [-0.4, -0.2) is 34.9 Å². The van der Waals surface area contributed by atoms with Crippen LogP contribution in [-0.2, 0) is 0 Å². The van der Waals surface area contributed by atoms with Gasteiger partial charge in [0, 0.05) is 11.8 Å². The molecule has 0 aliphatic heterocycles. The zero-order chi connectivity index (χ0) is 12.1. The van der Waals surface area contributed by atoms with Gasteiger partial charge in [-0.25, -0.2) is 4.98 Å². The second kappa shape index (κ2) is 6.37. The van der Waals surface area contributed by atoms with Crippen LogP contribution < -0.4 is 5.32 Å². The molecule has 0 aliphatic carbocycles. The van der Waals surface area contributed by atoms with E-state index in [0.29, 0.717) is 18.0 Å². The number of hydrogen-bond donors (Lipinski definition) is 3. The van der Waals surface area contributed by atoms with Crippen LogP contribution in [0.25, 0.3) is 0 Å². The minimum Gasteiger partial charge on any atom is -0.390 e. The van der Waals surface area contributed by atoms with Crippen LogP contribution in [0.15, 0.2) is 12.3 Å². The number of rotatable bonds is 5. The van der Waals surface area contributed by atoms with Crippen LogP contribution in [0.2, 0.25) is 10.2 Å². The Morgan fingerprint density at radius 3 is 2.69 bits per heavy atom. The lowest BCUT2D eigenvalue weighted by Crippen LogP contribution is -2.23. The molecule has 0 saturated heterocycles. The van der Waals surface area contributed by atoms with Crippen LogP contribution in [0.1, 0.15) is 18.1 Å². The summed E-state index contributed by atoms with van der Waals surface area (Å²) in [6.45, 7) is 0.591. The van der Waals surface area contributed by atoms with Gasteiger partial charge in [0.15, 0.2) is 0 Å². The Morgan fingerprint density at radius 2 is 2.12 bits per heavy atom. The molecule has 0 fully saturated rings. The summed E-state index contributed by atoms with van der Waals surface area (Å²) in [6.07, 6.45) is -0.200. The summed E-state index contributed by atoms with van der Waals surface area (Å²) >= 11 is 11.7. The van der Waals surface area contributed by atoms with Gasteiger partial charge in [-0.05, 0) is 26.1 Å². The number of halogens is 2. The van der Waals surface area contributed by atoms with Crippen molar-refractivity contribution in [2.24, 2.45) is 0 Å². The molecule has 2 atom stereocenters. The summed E-state index contributed by atoms with van der Waals surface area (Å²) in [6, 6.07) is 1.52. The number of aliphatic hydroxyl groups is 2. The molecule has 90 valence electrons. The topological polar surface area (TPSA) is 65.4 Å². The summed E-state index contributed by atoms with van der Waals surface area (Å²) in [4.78, 5) is 3.82. The Bertz CT molecular complexity index is 329. The lowest BCUT2D eigenvalue weighted by molar-refractivity contribution is 0.0139. The number of aromatic nitrogens is 1. The maximum absolute atomic E-state index is 9.89. The van der Waals surface area contributed by atoms with E-state index in [1.807, 2.05) is 0 Å². The van der Waals surface area contributed by atoms with Crippen molar-refractivity contribution in [2.75, 3.05) is 13.6 Å². The lowest BCUT2D eigenvalue weighted by atomic mass is 10.0. The van der Waals surface area contributed by atoms with Gasteiger partial charge in [0.2, 0.25) is 0 Å². The first kappa shape index (κ1) is 13.7. The van der Waals surface area contributed by atoms with Gasteiger partial charge in [0.1, 0.15) is 11.3 Å². The van der Waals surface area contributed by atoms with Crippen molar-refractivity contribution in [2.45, 2.75) is 18.6 Å². The molecule has 0 aliphatic rings. The molecule has 3 N–H and O–H groups in total. The van der Waals surface area contributed by atoms with Gasteiger partial charge in [-0.2, -0.15) is 0 Å². The standard InChI is InChI=1S/C10H14Cl2N2O2/c1-13-4-3-7(15)9(16)8-6(11)2-5-14-10(8)12/h2,5,7,9,13,15-16H,3-4H2,1H3. The molecule has 0 aromatic carbocycles. The fourth-order valence-electron chi connectivity index (χ4n) is 1.33. The fraction of sp³-hybridized carbons (Fsp3) is 0.500. The van der Waals surface area contributed by atoms with Crippen molar-refractivity contribution in [3.05, 3.63) is 28.0 Å². The maximum Gasteiger partial charge on any atom is 0.136 e. The molecule has 0 saturated carbocycles. The van der Waals surface area contributed by atoms with E-state index in [4.69, 9.17) is 23.2 Å². The second-order valence-corrected chi connectivity index (χ2v) is 4.17. The van der Waals surface area contributed by atoms with Crippen molar-refractivity contribution < 1.29 is 10.2 Å². The molecule has 4 nitrogen and oxygen atoms in total. The first-order chi connectivity index (χ1) is 7.57. The van der Waals surface area contributed by atoms with Crippen LogP contribution in [0.5, 0.6) is 0 Å². The van der Waals surface area contributed by atoms with Gasteiger partial charge >= 0.3 is 0 Å². The average molecular weight is 265 g/mol. The summed E-state index contributed by atoms with van der Waals surface area (Å²) in [5.74, 6) is 0. The van der Waals surface area contributed by atoms with Crippen molar-refractivity contribution in [3.63, 3.8) is 0 Å². The molecule has 2 unspecified atom stereocenters. The van der Waals surface area contributed by atoms with Gasteiger partial charge < -0.3 is 15.5 Å². The molecule has 6 heteroatoms. The van der Waals surface area contributed by atoms with Crippen LogP contribution >= 0.6 is 23.2 Å². The SMILES string of the molecule is CNCCC(O)C(O)c1c(Cl)ccnc1Cl. The molecule has 0 radical (unpaired) electrons. The number of aliphatic hydroxyl groups excluding tert-OH is 2. The Balaban J connectivity index is 2.82. The number of pyridine rings is 1. The van der Waals surface area contributed by atoms with Crippen molar-refractivity contribution in [1.29, 1.82) is 0 Å². The van der Waals surface area contributed by atoms with E-state index < -0.39 is 12.2 Å². The Hall–Kier alpha value is -0.390. The van der Waals surface area contributed by atoms with E-state index in [1.165, 1.54) is 12.3 Å². The minimum absolute atomic E-state index is 0.114. The van der Waals surface area contributed by atoms with Crippen molar-refractivity contribution in [1.82, 2.24) is 10.3 Å². The molecule has 0 amide bonds. The summed E-state index contributed by atoms with van der Waals surface area (Å²) in [5.41, 5.74) is 0.273. The normalized spacial score (nSPS) is 14.8. The second-order valence-electron chi connectivity index (χ2n) is 3.40. The lowest BCUT2D eigenvalue weighted by Gasteiger charge is -2.19. The predicted octanol–water partition coefficient (Wildman–Crippen LogP) is 1.39. The molecule has 1 aromatic heterocycles. The number of nitrogens with zero attached hydrogens (tertiary/aromatic N) is 1. The fourth-order valence-corrected chi connectivity index (χ4v) is 1.91. The van der Waals surface area contributed by atoms with Gasteiger partial charge in [0.25, 0.3) is 0 Å². The van der Waals surface area contributed by atoms with E-state index >= 15 is 0 Å². The first-order valence-electron chi connectivity index (χ1n) is 4.88. The van der Waals surface area contributed by atoms with E-state index in [-0.39, 0.29) is 10.7 Å². The van der Waals surface area contributed by atoms with E-state index in [0.717, 1.165) is 0 Å². The maximum atomic E-state index is 9.89. The van der Waals surface area contributed by atoms with Gasteiger partial charge in [-0.3, -0.25) is 0 Å². The van der Waals surface area contributed by atoms with Crippen LogP contribution in [0, 0.1) is 0 Å². The third-order valence-corrected chi connectivity index (χ3v) is 2.87. The number of nitrogens with one attached hydrogen (secondary N) is 1. The molecular formula is C10H14Cl2N2O2. The van der Waals surface area contributed by atoms with E-state index in [9.17, 15) is 10.2 Å². The highest BCUT2D eigenvalue weighted by Gasteiger charge is 2.23. The smallest absolute Gasteiger partial charge is 0.136 e. The van der Waals surface area contributed by atoms with Gasteiger partial charge in [0.05, 0.1) is 11.1 Å². The Labute approximate surface area is 104 Å². The van der Waals surface area contributed by atoms with Crippen LogP contribution in [0.4, 0.5) is 0 Å². The highest BCUT2D eigenvalue weighted by molar-refractivity contribution is 6.35.